The first kappa shape index (κ1) is 11.8. The molecule has 0 saturated heterocycles. The van der Waals surface area contributed by atoms with E-state index in [9.17, 15) is 13.2 Å². The molecule has 1 fully saturated rings. The highest BCUT2D eigenvalue weighted by Crippen LogP contribution is 2.30. The van der Waals surface area contributed by atoms with E-state index in [0.717, 1.165) is 6.42 Å². The van der Waals surface area contributed by atoms with Crippen LogP contribution in [0.5, 0.6) is 0 Å². The van der Waals surface area contributed by atoms with E-state index in [-0.39, 0.29) is 6.04 Å². The smallest absolute Gasteiger partial charge is 0.292 e. The molecule has 1 atom stereocenters. The Morgan fingerprint density at radius 2 is 2.07 bits per heavy atom. The first-order valence-corrected chi connectivity index (χ1v) is 4.91. The molecule has 2 nitrogen and oxygen atoms in total. The highest BCUT2D eigenvalue weighted by atomic mass is 19.4. The molecule has 1 aliphatic carbocycles. The van der Waals surface area contributed by atoms with Crippen LogP contribution in [-0.4, -0.2) is 18.8 Å². The van der Waals surface area contributed by atoms with E-state index in [1.54, 1.807) is 0 Å². The largest absolute Gasteiger partial charge is 0.413 e. The van der Waals surface area contributed by atoms with Gasteiger partial charge < -0.3 is 0 Å². The number of hydrogen-bond acceptors (Lipinski definition) is 2. The van der Waals surface area contributed by atoms with Crippen molar-refractivity contribution < 1.29 is 18.0 Å². The van der Waals surface area contributed by atoms with Gasteiger partial charge in [-0.05, 0) is 19.3 Å². The van der Waals surface area contributed by atoms with Crippen LogP contribution in [0.15, 0.2) is 0 Å². The van der Waals surface area contributed by atoms with Crippen LogP contribution in [0, 0.1) is 5.92 Å². The van der Waals surface area contributed by atoms with E-state index in [0.29, 0.717) is 5.92 Å². The first-order chi connectivity index (χ1) is 6.47. The van der Waals surface area contributed by atoms with Gasteiger partial charge in [-0.2, -0.15) is 18.7 Å². The van der Waals surface area contributed by atoms with Crippen LogP contribution >= 0.6 is 0 Å². The molecule has 14 heavy (non-hydrogen) atoms. The van der Waals surface area contributed by atoms with Crippen molar-refractivity contribution >= 4 is 0 Å². The summed E-state index contributed by atoms with van der Waals surface area (Å²) in [4.78, 5) is 4.35. The molecule has 1 unspecified atom stereocenters. The van der Waals surface area contributed by atoms with Crippen molar-refractivity contribution in [2.75, 3.05) is 6.61 Å². The quantitative estimate of drug-likeness (QED) is 0.706. The van der Waals surface area contributed by atoms with Gasteiger partial charge in [-0.25, -0.2) is 0 Å². The highest BCUT2D eigenvalue weighted by molar-refractivity contribution is 4.73. The molecule has 0 aromatic carbocycles. The summed E-state index contributed by atoms with van der Waals surface area (Å²) in [5, 5.41) is 0. The molecule has 0 radical (unpaired) electrons. The zero-order valence-electron chi connectivity index (χ0n) is 8.23. The van der Waals surface area contributed by atoms with Crippen LogP contribution in [0.25, 0.3) is 0 Å². The minimum Gasteiger partial charge on any atom is -0.292 e. The summed E-state index contributed by atoms with van der Waals surface area (Å²) in [7, 11) is 0. The lowest BCUT2D eigenvalue weighted by atomic mass is 9.81. The van der Waals surface area contributed by atoms with Gasteiger partial charge in [-0.3, -0.25) is 4.84 Å². The maximum atomic E-state index is 11.7. The Hall–Kier alpha value is -0.290. The van der Waals surface area contributed by atoms with E-state index in [1.807, 2.05) is 6.92 Å². The molecule has 0 aliphatic heterocycles. The topological polar surface area (TPSA) is 21.3 Å². The number of alkyl halides is 3. The van der Waals surface area contributed by atoms with Gasteiger partial charge >= 0.3 is 6.18 Å². The highest BCUT2D eigenvalue weighted by Gasteiger charge is 2.28. The van der Waals surface area contributed by atoms with E-state index >= 15 is 0 Å². The molecule has 0 amide bonds. The lowest BCUT2D eigenvalue weighted by Crippen LogP contribution is -2.33. The van der Waals surface area contributed by atoms with Gasteiger partial charge in [0.15, 0.2) is 6.61 Å². The fraction of sp³-hybridized carbons (Fsp3) is 1.00. The van der Waals surface area contributed by atoms with Crippen LogP contribution in [0.1, 0.15) is 32.6 Å². The monoisotopic (exact) mass is 211 g/mol. The summed E-state index contributed by atoms with van der Waals surface area (Å²) in [5.41, 5.74) is 2.42. The maximum absolute atomic E-state index is 11.7. The Balaban J connectivity index is 1.99. The van der Waals surface area contributed by atoms with Crippen LogP contribution in [0.2, 0.25) is 0 Å². The summed E-state index contributed by atoms with van der Waals surface area (Å²) in [6.45, 7) is 0.622. The van der Waals surface area contributed by atoms with E-state index in [2.05, 4.69) is 10.3 Å². The molecule has 1 aliphatic rings. The lowest BCUT2D eigenvalue weighted by molar-refractivity contribution is -0.193. The summed E-state index contributed by atoms with van der Waals surface area (Å²) < 4.78 is 35.0. The fourth-order valence-corrected chi connectivity index (χ4v) is 1.54. The zero-order valence-corrected chi connectivity index (χ0v) is 8.23. The van der Waals surface area contributed by atoms with Gasteiger partial charge in [-0.15, -0.1) is 0 Å². The molecule has 0 aromatic heterocycles. The minimum atomic E-state index is -4.25. The summed E-state index contributed by atoms with van der Waals surface area (Å²) in [5.74, 6) is 0.673. The Labute approximate surface area is 81.8 Å². The van der Waals surface area contributed by atoms with Crippen molar-refractivity contribution in [2.45, 2.75) is 44.8 Å². The molecule has 1 N–H and O–H groups in total. The van der Waals surface area contributed by atoms with Gasteiger partial charge in [0, 0.05) is 6.04 Å². The minimum absolute atomic E-state index is 0.00245. The van der Waals surface area contributed by atoms with Gasteiger partial charge in [-0.1, -0.05) is 19.3 Å². The number of halogens is 3. The number of hydrogen-bond donors (Lipinski definition) is 1. The van der Waals surface area contributed by atoms with Crippen LogP contribution < -0.4 is 5.48 Å². The lowest BCUT2D eigenvalue weighted by Gasteiger charge is -2.28. The van der Waals surface area contributed by atoms with Crippen molar-refractivity contribution in [1.29, 1.82) is 0 Å². The predicted octanol–water partition coefficient (Wildman–Crippen LogP) is 2.65. The molecule has 84 valence electrons. The third-order valence-corrected chi connectivity index (χ3v) is 2.43. The number of nitrogens with one attached hydrogen (secondary N) is 1. The third-order valence-electron chi connectivity index (χ3n) is 2.43. The van der Waals surface area contributed by atoms with Crippen molar-refractivity contribution in [3.05, 3.63) is 0 Å². The van der Waals surface area contributed by atoms with Crippen LogP contribution in [-0.2, 0) is 4.84 Å². The molecule has 0 spiro atoms. The van der Waals surface area contributed by atoms with Gasteiger partial charge in [0.05, 0.1) is 0 Å². The molecule has 0 bridgehead atoms. The van der Waals surface area contributed by atoms with Crippen molar-refractivity contribution in [2.24, 2.45) is 5.92 Å². The Morgan fingerprint density at radius 3 is 2.50 bits per heavy atom. The molecule has 0 heterocycles. The summed E-state index contributed by atoms with van der Waals surface area (Å²) in [6, 6.07) is 0.00245. The van der Waals surface area contributed by atoms with Gasteiger partial charge in [0.1, 0.15) is 0 Å². The molecular formula is C9H16F3NO. The van der Waals surface area contributed by atoms with Gasteiger partial charge in [0.25, 0.3) is 0 Å². The van der Waals surface area contributed by atoms with Crippen molar-refractivity contribution in [3.63, 3.8) is 0 Å². The van der Waals surface area contributed by atoms with Crippen LogP contribution in [0.3, 0.4) is 0 Å². The second-order valence-corrected chi connectivity index (χ2v) is 3.96. The molecule has 1 rings (SSSR count). The molecular weight excluding hydrogens is 195 g/mol. The second-order valence-electron chi connectivity index (χ2n) is 3.96. The van der Waals surface area contributed by atoms with Crippen LogP contribution in [0.4, 0.5) is 13.2 Å². The number of rotatable bonds is 5. The maximum Gasteiger partial charge on any atom is 0.413 e. The van der Waals surface area contributed by atoms with Crippen molar-refractivity contribution in [1.82, 2.24) is 5.48 Å². The average Bonchev–Trinajstić information content (AvgIpc) is 1.94. The molecule has 0 aromatic rings. The number of hydroxylamine groups is 1. The third kappa shape index (κ3) is 4.81. The molecule has 5 heteroatoms. The predicted molar refractivity (Wildman–Crippen MR) is 46.6 cm³/mol. The Bertz CT molecular complexity index is 168. The standard InChI is InChI=1S/C9H16F3NO/c1-7(5-8-3-2-4-8)13-14-6-9(10,11)12/h7-8,13H,2-6H2,1H3. The Morgan fingerprint density at radius 1 is 1.43 bits per heavy atom. The van der Waals surface area contributed by atoms with Crippen molar-refractivity contribution in [3.8, 4) is 0 Å². The average molecular weight is 211 g/mol. The zero-order chi connectivity index (χ0) is 10.6. The van der Waals surface area contributed by atoms with Gasteiger partial charge in [0.2, 0.25) is 0 Å². The van der Waals surface area contributed by atoms with E-state index in [4.69, 9.17) is 0 Å². The fourth-order valence-electron chi connectivity index (χ4n) is 1.54. The van der Waals surface area contributed by atoms with E-state index in [1.165, 1.54) is 19.3 Å². The Kier molecular flexibility index (Phi) is 4.19. The second kappa shape index (κ2) is 4.98. The SMILES string of the molecule is CC(CC1CCC1)NOCC(F)(F)F. The van der Waals surface area contributed by atoms with E-state index < -0.39 is 12.8 Å². The normalized spacial score (nSPS) is 20.6. The summed E-state index contributed by atoms with van der Waals surface area (Å²) >= 11 is 0. The summed E-state index contributed by atoms with van der Waals surface area (Å²) in [6.07, 6.45) is 0.304. The molecule has 1 saturated carbocycles. The first-order valence-electron chi connectivity index (χ1n) is 4.91.